The molecule has 5 heteroatoms. The highest BCUT2D eigenvalue weighted by atomic mass is 35.5. The molecule has 3 rings (SSSR count). The molecule has 0 unspecified atom stereocenters. The minimum absolute atomic E-state index is 0.231. The SMILES string of the molecule is Cc1cc(Cl)cc(C)c1OC[C@@H](C)N1C(=O)c2ccccc2C1=O. The van der Waals surface area contributed by atoms with Crippen molar-refractivity contribution in [1.82, 2.24) is 4.90 Å². The zero-order chi connectivity index (χ0) is 17.4. The molecule has 0 bridgehead atoms. The van der Waals surface area contributed by atoms with E-state index < -0.39 is 0 Å². The Morgan fingerprint density at radius 3 is 2.04 bits per heavy atom. The lowest BCUT2D eigenvalue weighted by atomic mass is 10.1. The van der Waals surface area contributed by atoms with E-state index in [4.69, 9.17) is 16.3 Å². The van der Waals surface area contributed by atoms with E-state index in [1.165, 1.54) is 4.90 Å². The lowest BCUT2D eigenvalue weighted by Gasteiger charge is -2.23. The maximum absolute atomic E-state index is 12.5. The van der Waals surface area contributed by atoms with Crippen LogP contribution in [0.3, 0.4) is 0 Å². The summed E-state index contributed by atoms with van der Waals surface area (Å²) in [6.07, 6.45) is 0. The van der Waals surface area contributed by atoms with E-state index in [-0.39, 0.29) is 24.5 Å². The van der Waals surface area contributed by atoms with Gasteiger partial charge in [0.25, 0.3) is 11.8 Å². The Hall–Kier alpha value is -2.33. The number of hydrogen-bond donors (Lipinski definition) is 0. The van der Waals surface area contributed by atoms with Gasteiger partial charge in [-0.1, -0.05) is 23.7 Å². The molecular weight excluding hydrogens is 326 g/mol. The third kappa shape index (κ3) is 2.78. The zero-order valence-corrected chi connectivity index (χ0v) is 14.6. The number of ether oxygens (including phenoxy) is 1. The second-order valence-corrected chi connectivity index (χ2v) is 6.49. The molecule has 1 aliphatic heterocycles. The van der Waals surface area contributed by atoms with Crippen LogP contribution in [0.2, 0.25) is 5.02 Å². The number of nitrogens with zero attached hydrogens (tertiary/aromatic N) is 1. The van der Waals surface area contributed by atoms with Crippen LogP contribution in [0.5, 0.6) is 5.75 Å². The number of carbonyl (C=O) groups excluding carboxylic acids is 2. The molecule has 0 N–H and O–H groups in total. The first-order valence-electron chi connectivity index (χ1n) is 7.76. The molecule has 0 aliphatic carbocycles. The largest absolute Gasteiger partial charge is 0.491 e. The molecule has 0 saturated carbocycles. The molecule has 0 aromatic heterocycles. The molecule has 0 radical (unpaired) electrons. The molecule has 1 aliphatic rings. The van der Waals surface area contributed by atoms with Crippen LogP contribution in [0.15, 0.2) is 36.4 Å². The Morgan fingerprint density at radius 1 is 1.04 bits per heavy atom. The number of carbonyl (C=O) groups is 2. The van der Waals surface area contributed by atoms with E-state index >= 15 is 0 Å². The van der Waals surface area contributed by atoms with Gasteiger partial charge in [-0.05, 0) is 56.2 Å². The summed E-state index contributed by atoms with van der Waals surface area (Å²) in [4.78, 5) is 26.2. The average Bonchev–Trinajstić information content (AvgIpc) is 2.78. The number of fused-ring (bicyclic) bond motifs is 1. The van der Waals surface area contributed by atoms with Crippen molar-refractivity contribution in [2.24, 2.45) is 0 Å². The maximum atomic E-state index is 12.5. The van der Waals surface area contributed by atoms with Crippen LogP contribution in [-0.4, -0.2) is 29.4 Å². The smallest absolute Gasteiger partial charge is 0.261 e. The molecule has 24 heavy (non-hydrogen) atoms. The summed E-state index contributed by atoms with van der Waals surface area (Å²) in [5.74, 6) is 0.204. The predicted octanol–water partition coefficient (Wildman–Crippen LogP) is 4.02. The second-order valence-electron chi connectivity index (χ2n) is 6.05. The van der Waals surface area contributed by atoms with Crippen molar-refractivity contribution >= 4 is 23.4 Å². The molecular formula is C19H18ClNO3. The van der Waals surface area contributed by atoms with Gasteiger partial charge in [0.2, 0.25) is 0 Å². The first kappa shape index (κ1) is 16.5. The normalized spacial score (nSPS) is 14.8. The van der Waals surface area contributed by atoms with Gasteiger partial charge < -0.3 is 4.74 Å². The fraction of sp³-hybridized carbons (Fsp3) is 0.263. The van der Waals surface area contributed by atoms with Crippen molar-refractivity contribution in [3.05, 3.63) is 63.7 Å². The van der Waals surface area contributed by atoms with Crippen molar-refractivity contribution < 1.29 is 14.3 Å². The Morgan fingerprint density at radius 2 is 1.54 bits per heavy atom. The van der Waals surface area contributed by atoms with Crippen LogP contribution < -0.4 is 4.74 Å². The summed E-state index contributed by atoms with van der Waals surface area (Å²) in [7, 11) is 0. The number of halogens is 1. The van der Waals surface area contributed by atoms with Crippen LogP contribution in [0.25, 0.3) is 0 Å². The first-order valence-corrected chi connectivity index (χ1v) is 8.14. The summed E-state index contributed by atoms with van der Waals surface area (Å²) in [6, 6.07) is 10.2. The Labute approximate surface area is 146 Å². The van der Waals surface area contributed by atoms with Gasteiger partial charge in [-0.25, -0.2) is 0 Å². The molecule has 4 nitrogen and oxygen atoms in total. The number of amides is 2. The zero-order valence-electron chi connectivity index (χ0n) is 13.8. The summed E-state index contributed by atoms with van der Waals surface area (Å²) in [5, 5.41) is 0.658. The van der Waals surface area contributed by atoms with E-state index in [0.29, 0.717) is 16.1 Å². The fourth-order valence-electron chi connectivity index (χ4n) is 3.01. The van der Waals surface area contributed by atoms with Crippen molar-refractivity contribution in [3.8, 4) is 5.75 Å². The van der Waals surface area contributed by atoms with E-state index in [2.05, 4.69) is 0 Å². The van der Waals surface area contributed by atoms with Crippen molar-refractivity contribution in [2.75, 3.05) is 6.61 Å². The van der Waals surface area contributed by atoms with Crippen molar-refractivity contribution in [3.63, 3.8) is 0 Å². The van der Waals surface area contributed by atoms with Gasteiger partial charge in [-0.3, -0.25) is 14.5 Å². The quantitative estimate of drug-likeness (QED) is 0.788. The summed E-state index contributed by atoms with van der Waals surface area (Å²) in [5.41, 5.74) is 2.76. The molecule has 0 fully saturated rings. The first-order chi connectivity index (χ1) is 11.4. The highest BCUT2D eigenvalue weighted by Gasteiger charge is 2.38. The lowest BCUT2D eigenvalue weighted by Crippen LogP contribution is -2.41. The van der Waals surface area contributed by atoms with Gasteiger partial charge in [0.15, 0.2) is 0 Å². The summed E-state index contributed by atoms with van der Waals surface area (Å²) < 4.78 is 5.89. The Balaban J connectivity index is 1.76. The van der Waals surface area contributed by atoms with Gasteiger partial charge >= 0.3 is 0 Å². The van der Waals surface area contributed by atoms with Crippen LogP contribution in [0.4, 0.5) is 0 Å². The average molecular weight is 344 g/mol. The molecule has 2 aromatic carbocycles. The van der Waals surface area contributed by atoms with Crippen LogP contribution in [-0.2, 0) is 0 Å². The standard InChI is InChI=1S/C19H18ClNO3/c1-11-8-14(20)9-12(2)17(11)24-10-13(3)21-18(22)15-6-4-5-7-16(15)19(21)23/h4-9,13H,10H2,1-3H3/t13-/m1/s1. The van der Waals surface area contributed by atoms with E-state index in [9.17, 15) is 9.59 Å². The van der Waals surface area contributed by atoms with Gasteiger partial charge in [0.1, 0.15) is 12.4 Å². The third-order valence-corrected chi connectivity index (χ3v) is 4.38. The molecule has 1 atom stereocenters. The highest BCUT2D eigenvalue weighted by molar-refractivity contribution is 6.30. The second kappa shape index (κ2) is 6.29. The Kier molecular flexibility index (Phi) is 4.33. The minimum atomic E-state index is -0.369. The molecule has 1 heterocycles. The van der Waals surface area contributed by atoms with E-state index in [1.807, 2.05) is 32.9 Å². The van der Waals surface area contributed by atoms with E-state index in [1.54, 1.807) is 24.3 Å². The number of imide groups is 1. The number of rotatable bonds is 4. The lowest BCUT2D eigenvalue weighted by molar-refractivity contribution is 0.0550. The van der Waals surface area contributed by atoms with Crippen molar-refractivity contribution in [2.45, 2.75) is 26.8 Å². The minimum Gasteiger partial charge on any atom is -0.491 e. The van der Waals surface area contributed by atoms with Crippen LogP contribution >= 0.6 is 11.6 Å². The van der Waals surface area contributed by atoms with Crippen LogP contribution in [0, 0.1) is 13.8 Å². The highest BCUT2D eigenvalue weighted by Crippen LogP contribution is 2.28. The topological polar surface area (TPSA) is 46.6 Å². The van der Waals surface area contributed by atoms with Gasteiger partial charge in [0, 0.05) is 5.02 Å². The van der Waals surface area contributed by atoms with Gasteiger partial charge in [-0.15, -0.1) is 0 Å². The molecule has 124 valence electrons. The number of aryl methyl sites for hydroxylation is 2. The fourth-order valence-corrected chi connectivity index (χ4v) is 3.34. The predicted molar refractivity (Wildman–Crippen MR) is 92.8 cm³/mol. The number of benzene rings is 2. The molecule has 0 spiro atoms. The molecule has 0 saturated heterocycles. The molecule has 2 amide bonds. The summed E-state index contributed by atoms with van der Waals surface area (Å²) >= 11 is 6.03. The Bertz CT molecular complexity index is 773. The van der Waals surface area contributed by atoms with E-state index in [0.717, 1.165) is 16.9 Å². The van der Waals surface area contributed by atoms with Gasteiger partial charge in [-0.2, -0.15) is 0 Å². The monoisotopic (exact) mass is 343 g/mol. The third-order valence-electron chi connectivity index (χ3n) is 4.16. The van der Waals surface area contributed by atoms with Crippen molar-refractivity contribution in [1.29, 1.82) is 0 Å². The van der Waals surface area contributed by atoms with Gasteiger partial charge in [0.05, 0.1) is 17.2 Å². The maximum Gasteiger partial charge on any atom is 0.261 e. The molecule has 2 aromatic rings. The number of hydrogen-bond acceptors (Lipinski definition) is 3. The van der Waals surface area contributed by atoms with Crippen LogP contribution in [0.1, 0.15) is 38.8 Å². The summed E-state index contributed by atoms with van der Waals surface area (Å²) in [6.45, 7) is 5.87.